The van der Waals surface area contributed by atoms with E-state index in [-0.39, 0.29) is 11.8 Å². The van der Waals surface area contributed by atoms with Gasteiger partial charge in [0.05, 0.1) is 17.0 Å². The monoisotopic (exact) mass is 398 g/mol. The summed E-state index contributed by atoms with van der Waals surface area (Å²) in [7, 11) is 3.43. The van der Waals surface area contributed by atoms with E-state index in [9.17, 15) is 9.90 Å². The number of hydrogen-bond donors (Lipinski definition) is 3. The number of nitrogens with zero attached hydrogens (tertiary/aromatic N) is 2. The van der Waals surface area contributed by atoms with Crippen LogP contribution in [0.5, 0.6) is 5.88 Å². The molecule has 1 aromatic heterocycles. The summed E-state index contributed by atoms with van der Waals surface area (Å²) in [6, 6.07) is 22.1. The Balaban J connectivity index is 1.88. The van der Waals surface area contributed by atoms with E-state index in [1.807, 2.05) is 42.5 Å². The minimum atomic E-state index is -0.0708. The summed E-state index contributed by atoms with van der Waals surface area (Å²) in [4.78, 5) is 21.5. The van der Waals surface area contributed by atoms with E-state index in [1.54, 1.807) is 44.4 Å². The van der Waals surface area contributed by atoms with Crippen LogP contribution < -0.4 is 5.73 Å². The van der Waals surface area contributed by atoms with Crippen LogP contribution in [-0.2, 0) is 0 Å². The average molecular weight is 398 g/mol. The molecule has 0 radical (unpaired) electrons. The van der Waals surface area contributed by atoms with Gasteiger partial charge in [-0.05, 0) is 42.5 Å². The molecule has 0 bridgehead atoms. The lowest BCUT2D eigenvalue weighted by molar-refractivity contribution is 0.0827. The Hall–Kier alpha value is -4.06. The van der Waals surface area contributed by atoms with Crippen LogP contribution in [-0.4, -0.2) is 40.7 Å². The summed E-state index contributed by atoms with van der Waals surface area (Å²) < 4.78 is 0. The Morgan fingerprint density at radius 1 is 0.967 bits per heavy atom. The molecule has 30 heavy (non-hydrogen) atoms. The standard InChI is InChI=1S/C24H22N4O2/c1-28(2)24(30)16-8-11-18(12-9-16)26-22(15-6-4-3-5-7-15)21-19-14-17(25)10-13-20(19)27-23(21)29/h3-14,27,29H,25H2,1-2H3. The number of aliphatic imine (C=N–C) groups is 1. The van der Waals surface area contributed by atoms with Crippen molar-refractivity contribution in [3.05, 3.63) is 89.5 Å². The summed E-state index contributed by atoms with van der Waals surface area (Å²) in [5.41, 5.74) is 10.7. The van der Waals surface area contributed by atoms with Crippen molar-refractivity contribution in [2.45, 2.75) is 0 Å². The second kappa shape index (κ2) is 7.75. The molecule has 3 aromatic carbocycles. The quantitative estimate of drug-likeness (QED) is 0.353. The Kier molecular flexibility index (Phi) is 4.98. The number of nitrogen functional groups attached to an aromatic ring is 1. The summed E-state index contributed by atoms with van der Waals surface area (Å²) in [5.74, 6) is -0.0452. The summed E-state index contributed by atoms with van der Waals surface area (Å²) in [6.45, 7) is 0. The van der Waals surface area contributed by atoms with Gasteiger partial charge < -0.3 is 20.7 Å². The van der Waals surface area contributed by atoms with E-state index >= 15 is 0 Å². The van der Waals surface area contributed by atoms with Gasteiger partial charge in [-0.25, -0.2) is 4.99 Å². The summed E-state index contributed by atoms with van der Waals surface area (Å²) >= 11 is 0. The highest BCUT2D eigenvalue weighted by Crippen LogP contribution is 2.32. The molecule has 0 atom stereocenters. The van der Waals surface area contributed by atoms with E-state index in [0.29, 0.717) is 28.2 Å². The fourth-order valence-corrected chi connectivity index (χ4v) is 3.36. The SMILES string of the molecule is CN(C)C(=O)c1ccc(N=C(c2ccccc2)c2c(O)[nH]c3ccc(N)cc23)cc1. The van der Waals surface area contributed by atoms with Crippen LogP contribution in [0.4, 0.5) is 11.4 Å². The second-order valence-corrected chi connectivity index (χ2v) is 7.23. The van der Waals surface area contributed by atoms with Crippen LogP contribution in [0.2, 0.25) is 0 Å². The zero-order valence-corrected chi connectivity index (χ0v) is 16.8. The second-order valence-electron chi connectivity index (χ2n) is 7.23. The normalized spacial score (nSPS) is 11.6. The predicted molar refractivity (Wildman–Crippen MR) is 121 cm³/mol. The van der Waals surface area contributed by atoms with E-state index in [4.69, 9.17) is 10.7 Å². The number of aromatic hydroxyl groups is 1. The Morgan fingerprint density at radius 2 is 1.67 bits per heavy atom. The van der Waals surface area contributed by atoms with Crippen molar-refractivity contribution < 1.29 is 9.90 Å². The number of carbonyl (C=O) groups excluding carboxylic acids is 1. The zero-order valence-electron chi connectivity index (χ0n) is 16.8. The number of nitrogens with two attached hydrogens (primary N) is 1. The highest BCUT2D eigenvalue weighted by atomic mass is 16.3. The average Bonchev–Trinajstić information content (AvgIpc) is 3.07. The van der Waals surface area contributed by atoms with Gasteiger partial charge in [0.2, 0.25) is 0 Å². The molecule has 4 aromatic rings. The minimum absolute atomic E-state index is 0.0256. The van der Waals surface area contributed by atoms with Crippen LogP contribution >= 0.6 is 0 Å². The fourth-order valence-electron chi connectivity index (χ4n) is 3.36. The predicted octanol–water partition coefficient (Wildman–Crippen LogP) is 4.33. The molecule has 4 N–H and O–H groups in total. The maximum absolute atomic E-state index is 12.2. The van der Waals surface area contributed by atoms with Crippen LogP contribution in [0.15, 0.2) is 77.8 Å². The Bertz CT molecular complexity index is 1240. The molecule has 0 fully saturated rings. The van der Waals surface area contributed by atoms with Crippen molar-refractivity contribution in [2.24, 2.45) is 4.99 Å². The van der Waals surface area contributed by atoms with Crippen LogP contribution in [0, 0.1) is 0 Å². The largest absolute Gasteiger partial charge is 0.494 e. The number of amides is 1. The lowest BCUT2D eigenvalue weighted by atomic mass is 10.0. The first kappa shape index (κ1) is 19.3. The third-order valence-electron chi connectivity index (χ3n) is 4.85. The van der Waals surface area contributed by atoms with Crippen LogP contribution in [0.1, 0.15) is 21.5 Å². The lowest BCUT2D eigenvalue weighted by Gasteiger charge is -2.11. The minimum Gasteiger partial charge on any atom is -0.494 e. The summed E-state index contributed by atoms with van der Waals surface area (Å²) in [5, 5.41) is 11.5. The molecular formula is C24H22N4O2. The van der Waals surface area contributed by atoms with E-state index in [1.165, 1.54) is 4.90 Å². The number of aromatic amines is 1. The lowest BCUT2D eigenvalue weighted by Crippen LogP contribution is -2.21. The first-order valence-electron chi connectivity index (χ1n) is 9.50. The van der Waals surface area contributed by atoms with Crippen LogP contribution in [0.3, 0.4) is 0 Å². The third kappa shape index (κ3) is 3.63. The fraction of sp³-hybridized carbons (Fsp3) is 0.0833. The van der Waals surface area contributed by atoms with Gasteiger partial charge in [0, 0.05) is 41.8 Å². The van der Waals surface area contributed by atoms with Gasteiger partial charge in [-0.1, -0.05) is 30.3 Å². The number of rotatable bonds is 4. The van der Waals surface area contributed by atoms with Crippen molar-refractivity contribution >= 4 is 33.9 Å². The van der Waals surface area contributed by atoms with Gasteiger partial charge in [-0.15, -0.1) is 0 Å². The molecule has 1 amide bonds. The molecule has 0 saturated carbocycles. The number of H-pyrrole nitrogens is 1. The summed E-state index contributed by atoms with van der Waals surface area (Å²) in [6.07, 6.45) is 0. The van der Waals surface area contributed by atoms with Crippen molar-refractivity contribution in [3.63, 3.8) is 0 Å². The van der Waals surface area contributed by atoms with E-state index in [0.717, 1.165) is 16.5 Å². The Labute approximate surface area is 174 Å². The number of fused-ring (bicyclic) bond motifs is 1. The van der Waals surface area contributed by atoms with Gasteiger partial charge in [-0.2, -0.15) is 0 Å². The van der Waals surface area contributed by atoms with Crippen molar-refractivity contribution in [2.75, 3.05) is 19.8 Å². The van der Waals surface area contributed by atoms with Gasteiger partial charge in [-0.3, -0.25) is 4.79 Å². The van der Waals surface area contributed by atoms with Crippen molar-refractivity contribution in [1.29, 1.82) is 0 Å². The number of carbonyl (C=O) groups is 1. The molecule has 0 aliphatic rings. The van der Waals surface area contributed by atoms with Gasteiger partial charge >= 0.3 is 0 Å². The molecule has 0 aliphatic carbocycles. The van der Waals surface area contributed by atoms with Gasteiger partial charge in [0.1, 0.15) is 0 Å². The van der Waals surface area contributed by atoms with E-state index < -0.39 is 0 Å². The van der Waals surface area contributed by atoms with Crippen molar-refractivity contribution in [1.82, 2.24) is 9.88 Å². The zero-order chi connectivity index (χ0) is 21.3. The van der Waals surface area contributed by atoms with Gasteiger partial charge in [0.25, 0.3) is 5.91 Å². The van der Waals surface area contributed by atoms with E-state index in [2.05, 4.69) is 4.98 Å². The highest BCUT2D eigenvalue weighted by Gasteiger charge is 2.19. The van der Waals surface area contributed by atoms with Crippen molar-refractivity contribution in [3.8, 4) is 5.88 Å². The van der Waals surface area contributed by atoms with Crippen LogP contribution in [0.25, 0.3) is 10.9 Å². The molecule has 0 aliphatic heterocycles. The number of benzene rings is 3. The molecule has 0 unspecified atom stereocenters. The Morgan fingerprint density at radius 3 is 2.33 bits per heavy atom. The molecular weight excluding hydrogens is 376 g/mol. The smallest absolute Gasteiger partial charge is 0.253 e. The number of anilines is 1. The maximum atomic E-state index is 12.2. The maximum Gasteiger partial charge on any atom is 0.253 e. The van der Waals surface area contributed by atoms with Gasteiger partial charge in [0.15, 0.2) is 5.88 Å². The molecule has 0 spiro atoms. The first-order valence-corrected chi connectivity index (χ1v) is 9.50. The molecule has 6 nitrogen and oxygen atoms in total. The third-order valence-corrected chi connectivity index (χ3v) is 4.85. The number of hydrogen-bond acceptors (Lipinski definition) is 4. The molecule has 6 heteroatoms. The highest BCUT2D eigenvalue weighted by molar-refractivity contribution is 6.22. The molecule has 0 saturated heterocycles. The molecule has 4 rings (SSSR count). The first-order chi connectivity index (χ1) is 14.4. The number of aromatic nitrogens is 1. The molecule has 150 valence electrons. The number of nitrogens with one attached hydrogen (secondary N) is 1. The molecule has 1 heterocycles. The topological polar surface area (TPSA) is 94.7 Å².